The lowest BCUT2D eigenvalue weighted by Gasteiger charge is -2.11. The third-order valence-corrected chi connectivity index (χ3v) is 4.00. The summed E-state index contributed by atoms with van der Waals surface area (Å²) in [5.74, 6) is -2.40. The number of ether oxygens (including phenoxy) is 1. The predicted octanol–water partition coefficient (Wildman–Crippen LogP) is 3.04. The van der Waals surface area contributed by atoms with Crippen molar-refractivity contribution in [2.75, 3.05) is 11.9 Å². The van der Waals surface area contributed by atoms with Crippen molar-refractivity contribution in [2.24, 2.45) is 0 Å². The summed E-state index contributed by atoms with van der Waals surface area (Å²) in [6, 6.07) is 12.0. The first-order chi connectivity index (χ1) is 13.0. The number of hydrogen-bond acceptors (Lipinski definition) is 5. The molecule has 0 saturated heterocycles. The molecule has 2 rings (SSSR count). The van der Waals surface area contributed by atoms with Gasteiger partial charge in [-0.25, -0.2) is 4.79 Å². The third-order valence-electron chi connectivity index (χ3n) is 4.00. The van der Waals surface area contributed by atoms with Gasteiger partial charge in [0, 0.05) is 16.8 Å². The van der Waals surface area contributed by atoms with E-state index in [1.165, 1.54) is 18.2 Å². The van der Waals surface area contributed by atoms with Crippen LogP contribution in [-0.2, 0) is 4.74 Å². The maximum absolute atomic E-state index is 12.3. The van der Waals surface area contributed by atoms with E-state index >= 15 is 0 Å². The minimum Gasteiger partial charge on any atom is -0.545 e. The van der Waals surface area contributed by atoms with Crippen molar-refractivity contribution in [3.8, 4) is 0 Å². The average Bonchev–Trinajstić information content (AvgIpc) is 2.68. The van der Waals surface area contributed by atoms with E-state index in [0.717, 1.165) is 25.7 Å². The fourth-order valence-electron chi connectivity index (χ4n) is 2.52. The molecule has 1 N–H and O–H groups in total. The number of hydrogen-bond donors (Lipinski definition) is 1. The molecule has 0 unspecified atom stereocenters. The second-order valence-electron chi connectivity index (χ2n) is 6.06. The van der Waals surface area contributed by atoms with E-state index in [1.807, 2.05) is 0 Å². The highest BCUT2D eigenvalue weighted by Crippen LogP contribution is 2.14. The highest BCUT2D eigenvalue weighted by Gasteiger charge is 2.12. The van der Waals surface area contributed by atoms with Gasteiger partial charge in [-0.3, -0.25) is 4.79 Å². The molecular weight excluding hydrogens is 346 g/mol. The molecule has 0 fully saturated rings. The predicted molar refractivity (Wildman–Crippen MR) is 99.6 cm³/mol. The smallest absolute Gasteiger partial charge is 0.338 e. The van der Waals surface area contributed by atoms with E-state index in [4.69, 9.17) is 4.74 Å². The van der Waals surface area contributed by atoms with Gasteiger partial charge in [0.1, 0.15) is 0 Å². The Kier molecular flexibility index (Phi) is 7.55. The van der Waals surface area contributed by atoms with Crippen LogP contribution in [0.15, 0.2) is 48.5 Å². The van der Waals surface area contributed by atoms with E-state index in [1.54, 1.807) is 30.3 Å². The first-order valence-corrected chi connectivity index (χ1v) is 8.92. The van der Waals surface area contributed by atoms with Gasteiger partial charge < -0.3 is 20.0 Å². The van der Waals surface area contributed by atoms with Gasteiger partial charge in [-0.05, 0) is 36.8 Å². The molecule has 6 heteroatoms. The van der Waals surface area contributed by atoms with E-state index in [-0.39, 0.29) is 11.1 Å². The van der Waals surface area contributed by atoms with Gasteiger partial charge in [0.05, 0.1) is 18.1 Å². The number of carbonyl (C=O) groups excluding carboxylic acids is 3. The van der Waals surface area contributed by atoms with E-state index in [2.05, 4.69) is 12.2 Å². The number of anilines is 1. The topological polar surface area (TPSA) is 95.5 Å². The molecule has 0 aliphatic carbocycles. The van der Waals surface area contributed by atoms with Crippen LogP contribution in [0.3, 0.4) is 0 Å². The first-order valence-electron chi connectivity index (χ1n) is 8.92. The zero-order valence-electron chi connectivity index (χ0n) is 15.2. The summed E-state index contributed by atoms with van der Waals surface area (Å²) in [6.45, 7) is 2.50. The van der Waals surface area contributed by atoms with Crippen molar-refractivity contribution >= 4 is 23.5 Å². The number of carboxylic acid groups (broad SMARTS) is 1. The molecule has 0 spiro atoms. The molecule has 1 amide bonds. The number of nitrogens with one attached hydrogen (secondary N) is 1. The van der Waals surface area contributed by atoms with Crippen molar-refractivity contribution in [3.63, 3.8) is 0 Å². The van der Waals surface area contributed by atoms with Crippen molar-refractivity contribution in [1.29, 1.82) is 0 Å². The largest absolute Gasteiger partial charge is 0.545 e. The maximum atomic E-state index is 12.3. The number of benzene rings is 2. The standard InChI is InChI=1S/C21H23NO5/c1-2-3-4-7-14-27-21(26)15-10-12-16(13-11-15)22-19(23)17-8-5-6-9-18(17)20(24)25/h5-6,8-13H,2-4,7,14H2,1H3,(H,22,23)(H,24,25)/p-1. The summed E-state index contributed by atoms with van der Waals surface area (Å²) in [5, 5.41) is 13.7. The minimum absolute atomic E-state index is 0.00747. The lowest BCUT2D eigenvalue weighted by molar-refractivity contribution is -0.255. The third kappa shape index (κ3) is 5.95. The fourth-order valence-corrected chi connectivity index (χ4v) is 2.52. The number of amides is 1. The van der Waals surface area contributed by atoms with Crippen molar-refractivity contribution in [1.82, 2.24) is 0 Å². The summed E-state index contributed by atoms with van der Waals surface area (Å²) in [5.41, 5.74) is 0.651. The summed E-state index contributed by atoms with van der Waals surface area (Å²) >= 11 is 0. The van der Waals surface area contributed by atoms with Gasteiger partial charge in [-0.2, -0.15) is 0 Å². The zero-order chi connectivity index (χ0) is 19.6. The van der Waals surface area contributed by atoms with Crippen LogP contribution in [0.25, 0.3) is 0 Å². The van der Waals surface area contributed by atoms with Gasteiger partial charge in [-0.15, -0.1) is 0 Å². The SMILES string of the molecule is CCCCCCOC(=O)c1ccc(NC(=O)c2ccccc2C(=O)[O-])cc1. The van der Waals surface area contributed by atoms with Crippen LogP contribution >= 0.6 is 0 Å². The molecule has 2 aromatic rings. The van der Waals surface area contributed by atoms with Crippen LogP contribution in [0, 0.1) is 0 Å². The van der Waals surface area contributed by atoms with Gasteiger partial charge >= 0.3 is 5.97 Å². The molecule has 0 atom stereocenters. The number of rotatable bonds is 9. The van der Waals surface area contributed by atoms with Gasteiger partial charge in [-0.1, -0.05) is 44.4 Å². The Balaban J connectivity index is 1.95. The van der Waals surface area contributed by atoms with E-state index in [9.17, 15) is 19.5 Å². The molecule has 0 aliphatic rings. The normalized spacial score (nSPS) is 10.3. The molecule has 0 saturated carbocycles. The number of carbonyl (C=O) groups is 3. The van der Waals surface area contributed by atoms with Crippen LogP contribution in [0.2, 0.25) is 0 Å². The number of carboxylic acids is 1. The highest BCUT2D eigenvalue weighted by molar-refractivity contribution is 6.10. The van der Waals surface area contributed by atoms with Crippen molar-refractivity contribution in [2.45, 2.75) is 32.6 Å². The lowest BCUT2D eigenvalue weighted by atomic mass is 10.1. The van der Waals surface area contributed by atoms with Crippen molar-refractivity contribution in [3.05, 3.63) is 65.2 Å². The molecule has 142 valence electrons. The maximum Gasteiger partial charge on any atom is 0.338 e. The summed E-state index contributed by atoms with van der Waals surface area (Å²) in [7, 11) is 0. The molecule has 0 bridgehead atoms. The molecule has 0 aromatic heterocycles. The Morgan fingerprint density at radius 3 is 2.22 bits per heavy atom. The molecule has 27 heavy (non-hydrogen) atoms. The van der Waals surface area contributed by atoms with Gasteiger partial charge in [0.25, 0.3) is 5.91 Å². The number of unbranched alkanes of at least 4 members (excludes halogenated alkanes) is 3. The monoisotopic (exact) mass is 368 g/mol. The van der Waals surface area contributed by atoms with Gasteiger partial charge in [0.2, 0.25) is 0 Å². The highest BCUT2D eigenvalue weighted by atomic mass is 16.5. The van der Waals surface area contributed by atoms with Crippen molar-refractivity contribution < 1.29 is 24.2 Å². The van der Waals surface area contributed by atoms with E-state index < -0.39 is 17.8 Å². The molecule has 6 nitrogen and oxygen atoms in total. The summed E-state index contributed by atoms with van der Waals surface area (Å²) in [6.07, 6.45) is 4.11. The van der Waals surface area contributed by atoms with Crippen LogP contribution < -0.4 is 10.4 Å². The van der Waals surface area contributed by atoms with E-state index in [0.29, 0.717) is 17.9 Å². The molecule has 0 aliphatic heterocycles. The molecular formula is C21H22NO5-. The number of aromatic carboxylic acids is 1. The molecule has 0 radical (unpaired) electrons. The lowest BCUT2D eigenvalue weighted by Crippen LogP contribution is -2.26. The quantitative estimate of drug-likeness (QED) is 0.542. The Hall–Kier alpha value is -3.15. The first kappa shape index (κ1) is 20.2. The summed E-state index contributed by atoms with van der Waals surface area (Å²) < 4.78 is 5.21. The second kappa shape index (κ2) is 10.1. The second-order valence-corrected chi connectivity index (χ2v) is 6.06. The number of esters is 1. The molecule has 2 aromatic carbocycles. The fraction of sp³-hybridized carbons (Fsp3) is 0.286. The molecule has 0 heterocycles. The average molecular weight is 368 g/mol. The van der Waals surface area contributed by atoms with Crippen LogP contribution in [0.4, 0.5) is 5.69 Å². The summed E-state index contributed by atoms with van der Waals surface area (Å²) in [4.78, 5) is 35.4. The van der Waals surface area contributed by atoms with Crippen LogP contribution in [0.5, 0.6) is 0 Å². The van der Waals surface area contributed by atoms with Gasteiger partial charge in [0.15, 0.2) is 0 Å². The Morgan fingerprint density at radius 1 is 0.926 bits per heavy atom. The Labute approximate surface area is 158 Å². The Morgan fingerprint density at radius 2 is 1.59 bits per heavy atom. The van der Waals surface area contributed by atoms with Crippen LogP contribution in [0.1, 0.15) is 63.7 Å². The van der Waals surface area contributed by atoms with Crippen LogP contribution in [-0.4, -0.2) is 24.5 Å². The Bertz CT molecular complexity index is 798. The zero-order valence-corrected chi connectivity index (χ0v) is 15.2. The minimum atomic E-state index is -1.42.